The molecule has 0 saturated heterocycles. The van der Waals surface area contributed by atoms with Gasteiger partial charge in [0.25, 0.3) is 0 Å². The van der Waals surface area contributed by atoms with E-state index in [-0.39, 0.29) is 19.5 Å². The van der Waals surface area contributed by atoms with Gasteiger partial charge in [0.15, 0.2) is 0 Å². The van der Waals surface area contributed by atoms with Crippen LogP contribution in [0.25, 0.3) is 0 Å². The Kier molecular flexibility index (Phi) is 87.2. The van der Waals surface area contributed by atoms with E-state index in [4.69, 9.17) is 14.4 Å². The van der Waals surface area contributed by atoms with Crippen molar-refractivity contribution in [1.82, 2.24) is 0 Å². The summed E-state index contributed by atoms with van der Waals surface area (Å²) in [4.78, 5) is 23.2. The van der Waals surface area contributed by atoms with Crippen molar-refractivity contribution in [3.63, 3.8) is 0 Å². The molecular formula is C12H20O3Ru. The summed E-state index contributed by atoms with van der Waals surface area (Å²) in [5.41, 5.74) is 0. The summed E-state index contributed by atoms with van der Waals surface area (Å²) in [5, 5.41) is 0. The minimum atomic E-state index is 0. The SMILES string of the molecule is CC/C=C/CC[C-](C)C.[CH-]=O.[CH-]=O.[CH-]=O.[Ru+4]. The van der Waals surface area contributed by atoms with Gasteiger partial charge in [0.1, 0.15) is 0 Å². The first-order valence-corrected chi connectivity index (χ1v) is 4.42. The molecule has 0 atom stereocenters. The fourth-order valence-corrected chi connectivity index (χ4v) is 0.657. The van der Waals surface area contributed by atoms with Crippen LogP contribution in [0.1, 0.15) is 40.0 Å². The zero-order valence-electron chi connectivity index (χ0n) is 10.1. The summed E-state index contributed by atoms with van der Waals surface area (Å²) >= 11 is 0. The largest absolute Gasteiger partial charge is 4.00 e. The molecule has 0 rings (SSSR count). The molecule has 0 unspecified atom stereocenters. The van der Waals surface area contributed by atoms with E-state index in [0.29, 0.717) is 0 Å². The van der Waals surface area contributed by atoms with Gasteiger partial charge < -0.3 is 20.3 Å². The van der Waals surface area contributed by atoms with E-state index in [0.717, 1.165) is 0 Å². The molecule has 0 aromatic rings. The fraction of sp³-hybridized carbons (Fsp3) is 0.500. The van der Waals surface area contributed by atoms with E-state index in [2.05, 4.69) is 53.3 Å². The van der Waals surface area contributed by atoms with Gasteiger partial charge in [0.2, 0.25) is 0 Å². The molecule has 0 bridgehead atoms. The van der Waals surface area contributed by atoms with Gasteiger partial charge in [0, 0.05) is 0 Å². The number of hydrogen-bond acceptors (Lipinski definition) is 3. The van der Waals surface area contributed by atoms with Gasteiger partial charge in [-0.15, -0.1) is 0 Å². The molecule has 0 amide bonds. The fourth-order valence-electron chi connectivity index (χ4n) is 0.657. The van der Waals surface area contributed by atoms with E-state index >= 15 is 0 Å². The van der Waals surface area contributed by atoms with Crippen LogP contribution in [0.5, 0.6) is 0 Å². The minimum Gasteiger partial charge on any atom is -0.545 e. The maximum atomic E-state index is 7.75. The molecule has 0 N–H and O–H groups in total. The van der Waals surface area contributed by atoms with Gasteiger partial charge in [-0.25, -0.2) is 0 Å². The van der Waals surface area contributed by atoms with Gasteiger partial charge in [-0.2, -0.15) is 20.3 Å². The van der Waals surface area contributed by atoms with Crippen LogP contribution < -0.4 is 0 Å². The van der Waals surface area contributed by atoms with E-state index in [1.807, 2.05) is 0 Å². The standard InChI is InChI=1S/C9H17.3CHO.Ru/c1-4-5-6-7-8-9(2)3;3*1-2;/h5-6H,4,7-8H2,1-3H3;3*1H;/q4*-1;+4/b6-5+;;;;. The summed E-state index contributed by atoms with van der Waals surface area (Å²) in [6.45, 7) is 16.3. The average molecular weight is 313 g/mol. The summed E-state index contributed by atoms with van der Waals surface area (Å²) in [6, 6.07) is 0. The predicted octanol–water partition coefficient (Wildman–Crippen LogP) is 2.52. The van der Waals surface area contributed by atoms with Crippen LogP contribution in [0, 0.1) is 5.92 Å². The van der Waals surface area contributed by atoms with Crippen molar-refractivity contribution < 1.29 is 33.9 Å². The van der Waals surface area contributed by atoms with Crippen LogP contribution in [-0.2, 0) is 33.9 Å². The van der Waals surface area contributed by atoms with Crippen LogP contribution in [0.4, 0.5) is 0 Å². The molecule has 0 aliphatic carbocycles. The Labute approximate surface area is 112 Å². The Hall–Kier alpha value is -0.627. The maximum Gasteiger partial charge on any atom is 4.00 e. The molecule has 16 heavy (non-hydrogen) atoms. The first-order chi connectivity index (χ1) is 7.27. The monoisotopic (exact) mass is 314 g/mol. The molecule has 0 fully saturated rings. The third kappa shape index (κ3) is 70.9. The zero-order valence-corrected chi connectivity index (χ0v) is 11.8. The third-order valence-corrected chi connectivity index (χ3v) is 1.21. The zero-order chi connectivity index (χ0) is 13.1. The van der Waals surface area contributed by atoms with Crippen molar-refractivity contribution in [2.75, 3.05) is 0 Å². The van der Waals surface area contributed by atoms with Crippen molar-refractivity contribution in [2.45, 2.75) is 40.0 Å². The second-order valence-electron chi connectivity index (χ2n) is 2.63. The smallest absolute Gasteiger partial charge is 0.545 e. The summed E-state index contributed by atoms with van der Waals surface area (Å²) in [7, 11) is 0. The topological polar surface area (TPSA) is 51.2 Å². The molecular weight excluding hydrogens is 293 g/mol. The van der Waals surface area contributed by atoms with Crippen molar-refractivity contribution in [3.05, 3.63) is 18.1 Å². The second kappa shape index (κ2) is 47.3. The number of carbonyl (C=O) groups excluding carboxylic acids is 3. The quantitative estimate of drug-likeness (QED) is 0.347. The first kappa shape index (κ1) is 29.5. The number of allylic oxidation sites excluding steroid dienone is 2. The Balaban J connectivity index is -0.0000000498. The van der Waals surface area contributed by atoms with Gasteiger partial charge >= 0.3 is 19.5 Å². The summed E-state index contributed by atoms with van der Waals surface area (Å²) < 4.78 is 0. The van der Waals surface area contributed by atoms with Gasteiger partial charge in [-0.05, 0) is 6.42 Å². The van der Waals surface area contributed by atoms with Crippen molar-refractivity contribution in [3.8, 4) is 0 Å². The second-order valence-corrected chi connectivity index (χ2v) is 2.63. The Morgan fingerprint density at radius 1 is 0.938 bits per heavy atom. The van der Waals surface area contributed by atoms with Gasteiger partial charge in [-0.1, -0.05) is 25.5 Å². The normalized spacial score (nSPS) is 7.25. The van der Waals surface area contributed by atoms with E-state index < -0.39 is 0 Å². The molecule has 4 heteroatoms. The summed E-state index contributed by atoms with van der Waals surface area (Å²) in [6.07, 6.45) is 8.12. The van der Waals surface area contributed by atoms with Crippen molar-refractivity contribution in [1.29, 1.82) is 0 Å². The van der Waals surface area contributed by atoms with Crippen molar-refractivity contribution in [2.24, 2.45) is 0 Å². The predicted molar refractivity (Wildman–Crippen MR) is 63.5 cm³/mol. The Bertz CT molecular complexity index is 112. The third-order valence-electron chi connectivity index (χ3n) is 1.21. The van der Waals surface area contributed by atoms with Crippen LogP contribution in [0.2, 0.25) is 0 Å². The summed E-state index contributed by atoms with van der Waals surface area (Å²) in [5.74, 6) is 1.52. The van der Waals surface area contributed by atoms with E-state index in [1.165, 1.54) is 25.2 Å². The molecule has 0 saturated carbocycles. The van der Waals surface area contributed by atoms with Crippen LogP contribution in [-0.4, -0.2) is 20.4 Å². The van der Waals surface area contributed by atoms with Crippen LogP contribution >= 0.6 is 0 Å². The molecule has 0 aromatic carbocycles. The van der Waals surface area contributed by atoms with E-state index in [1.54, 1.807) is 0 Å². The molecule has 94 valence electrons. The molecule has 0 aliphatic rings. The number of rotatable bonds is 4. The van der Waals surface area contributed by atoms with Gasteiger partial charge in [0.05, 0.1) is 0 Å². The number of hydrogen-bond donors (Lipinski definition) is 0. The molecule has 0 aliphatic heterocycles. The van der Waals surface area contributed by atoms with Gasteiger partial charge in [-0.3, -0.25) is 20.4 Å². The maximum absolute atomic E-state index is 7.75. The molecule has 3 nitrogen and oxygen atoms in total. The molecule has 0 radical (unpaired) electrons. The van der Waals surface area contributed by atoms with Crippen molar-refractivity contribution >= 4 is 20.4 Å². The first-order valence-electron chi connectivity index (χ1n) is 4.42. The molecule has 0 heterocycles. The van der Waals surface area contributed by atoms with Crippen LogP contribution in [0.3, 0.4) is 0 Å². The Morgan fingerprint density at radius 3 is 1.56 bits per heavy atom. The molecule has 0 aromatic heterocycles. The van der Waals surface area contributed by atoms with E-state index in [9.17, 15) is 0 Å². The van der Waals surface area contributed by atoms with Crippen LogP contribution in [0.15, 0.2) is 12.2 Å². The minimum absolute atomic E-state index is 0. The Morgan fingerprint density at radius 2 is 1.31 bits per heavy atom. The average Bonchev–Trinajstić information content (AvgIpc) is 2.32. The molecule has 0 spiro atoms.